The number of hydrogen-bond acceptors (Lipinski definition) is 3. The van der Waals surface area contributed by atoms with Crippen LogP contribution in [-0.2, 0) is 0 Å². The van der Waals surface area contributed by atoms with Crippen LogP contribution in [0.2, 0.25) is 0 Å². The van der Waals surface area contributed by atoms with Gasteiger partial charge in [0.05, 0.1) is 0 Å². The smallest absolute Gasteiger partial charge is 0.109 e. The summed E-state index contributed by atoms with van der Waals surface area (Å²) in [5, 5.41) is 0. The normalized spacial score (nSPS) is 10.4. The SMILES string of the molecule is Ic1ncc(-c2ccncc2)cc1-c1ccncc1. The molecule has 4 heteroatoms. The van der Waals surface area contributed by atoms with Crippen LogP contribution < -0.4 is 0 Å². The Balaban J connectivity index is 2.12. The first kappa shape index (κ1) is 12.2. The lowest BCUT2D eigenvalue weighted by Crippen LogP contribution is -1.90. The van der Waals surface area contributed by atoms with Crippen LogP contribution in [0.15, 0.2) is 61.3 Å². The summed E-state index contributed by atoms with van der Waals surface area (Å²) >= 11 is 2.26. The van der Waals surface area contributed by atoms with Crippen LogP contribution in [0.5, 0.6) is 0 Å². The van der Waals surface area contributed by atoms with E-state index >= 15 is 0 Å². The summed E-state index contributed by atoms with van der Waals surface area (Å²) in [7, 11) is 0. The van der Waals surface area contributed by atoms with Crippen molar-refractivity contribution in [3.8, 4) is 22.3 Å². The van der Waals surface area contributed by atoms with Gasteiger partial charge in [-0.1, -0.05) is 0 Å². The van der Waals surface area contributed by atoms with E-state index in [1.807, 2.05) is 30.5 Å². The molecule has 0 radical (unpaired) electrons. The molecular formula is C15H10IN3. The minimum Gasteiger partial charge on any atom is -0.265 e. The Morgan fingerprint density at radius 2 is 1.32 bits per heavy atom. The second kappa shape index (κ2) is 5.44. The lowest BCUT2D eigenvalue weighted by atomic mass is 10.0. The van der Waals surface area contributed by atoms with E-state index in [-0.39, 0.29) is 0 Å². The van der Waals surface area contributed by atoms with Crippen LogP contribution in [0.1, 0.15) is 0 Å². The third-order valence-corrected chi connectivity index (χ3v) is 3.70. The van der Waals surface area contributed by atoms with Gasteiger partial charge in [-0.05, 0) is 64.0 Å². The maximum Gasteiger partial charge on any atom is 0.109 e. The van der Waals surface area contributed by atoms with Gasteiger partial charge in [0, 0.05) is 42.1 Å². The highest BCUT2D eigenvalue weighted by Crippen LogP contribution is 2.28. The molecule has 0 bridgehead atoms. The van der Waals surface area contributed by atoms with Gasteiger partial charge in [0.25, 0.3) is 0 Å². The zero-order valence-corrected chi connectivity index (χ0v) is 12.2. The lowest BCUT2D eigenvalue weighted by Gasteiger charge is -2.07. The maximum absolute atomic E-state index is 4.48. The van der Waals surface area contributed by atoms with E-state index in [1.54, 1.807) is 24.8 Å². The molecular weight excluding hydrogens is 349 g/mol. The monoisotopic (exact) mass is 359 g/mol. The van der Waals surface area contributed by atoms with Gasteiger partial charge in [0.2, 0.25) is 0 Å². The standard InChI is InChI=1S/C15H10IN3/c16-15-14(12-3-7-18-8-4-12)9-13(10-19-15)11-1-5-17-6-2-11/h1-10H. The Kier molecular flexibility index (Phi) is 3.50. The number of nitrogens with zero attached hydrogens (tertiary/aromatic N) is 3. The molecule has 3 aromatic heterocycles. The fourth-order valence-corrected chi connectivity index (χ4v) is 2.49. The molecule has 92 valence electrons. The molecule has 19 heavy (non-hydrogen) atoms. The van der Waals surface area contributed by atoms with Crippen LogP contribution in [-0.4, -0.2) is 15.0 Å². The zero-order valence-electron chi connectivity index (χ0n) is 9.99. The molecule has 0 atom stereocenters. The summed E-state index contributed by atoms with van der Waals surface area (Å²) in [6, 6.07) is 10.1. The van der Waals surface area contributed by atoms with E-state index in [0.29, 0.717) is 0 Å². The quantitative estimate of drug-likeness (QED) is 0.516. The van der Waals surface area contributed by atoms with Gasteiger partial charge in [0.1, 0.15) is 3.70 Å². The van der Waals surface area contributed by atoms with Gasteiger partial charge in [-0.2, -0.15) is 0 Å². The summed E-state index contributed by atoms with van der Waals surface area (Å²) in [5.74, 6) is 0. The van der Waals surface area contributed by atoms with Gasteiger partial charge in [0.15, 0.2) is 0 Å². The average molecular weight is 359 g/mol. The van der Waals surface area contributed by atoms with E-state index in [9.17, 15) is 0 Å². The first-order valence-electron chi connectivity index (χ1n) is 5.81. The first-order valence-corrected chi connectivity index (χ1v) is 6.89. The Labute approximate surface area is 124 Å². The molecule has 0 unspecified atom stereocenters. The zero-order chi connectivity index (χ0) is 13.1. The van der Waals surface area contributed by atoms with E-state index in [2.05, 4.69) is 43.6 Å². The molecule has 3 rings (SSSR count). The molecule has 3 aromatic rings. The predicted octanol–water partition coefficient (Wildman–Crippen LogP) is 3.81. The highest BCUT2D eigenvalue weighted by atomic mass is 127. The van der Waals surface area contributed by atoms with E-state index < -0.39 is 0 Å². The highest BCUT2D eigenvalue weighted by Gasteiger charge is 2.06. The Bertz CT molecular complexity index is 684. The van der Waals surface area contributed by atoms with Crippen LogP contribution in [0.4, 0.5) is 0 Å². The second-order valence-corrected chi connectivity index (χ2v) is 5.06. The van der Waals surface area contributed by atoms with Gasteiger partial charge < -0.3 is 0 Å². The summed E-state index contributed by atoms with van der Waals surface area (Å²) < 4.78 is 0.988. The molecule has 0 aliphatic carbocycles. The van der Waals surface area contributed by atoms with Crippen molar-refractivity contribution in [2.75, 3.05) is 0 Å². The van der Waals surface area contributed by atoms with Gasteiger partial charge >= 0.3 is 0 Å². The number of halogens is 1. The first-order chi connectivity index (χ1) is 9.34. The van der Waals surface area contributed by atoms with Gasteiger partial charge in [-0.15, -0.1) is 0 Å². The topological polar surface area (TPSA) is 38.7 Å². The third-order valence-electron chi connectivity index (χ3n) is 2.84. The van der Waals surface area contributed by atoms with Gasteiger partial charge in [-0.3, -0.25) is 9.97 Å². The van der Waals surface area contributed by atoms with Crippen molar-refractivity contribution in [1.82, 2.24) is 15.0 Å². The van der Waals surface area contributed by atoms with E-state index in [0.717, 1.165) is 26.0 Å². The fourth-order valence-electron chi connectivity index (χ4n) is 1.88. The minimum absolute atomic E-state index is 0.988. The van der Waals surface area contributed by atoms with Crippen molar-refractivity contribution >= 4 is 22.6 Å². The summed E-state index contributed by atoms with van der Waals surface area (Å²) in [6.45, 7) is 0. The highest BCUT2D eigenvalue weighted by molar-refractivity contribution is 14.1. The molecule has 0 aromatic carbocycles. The summed E-state index contributed by atoms with van der Waals surface area (Å²) in [4.78, 5) is 12.6. The van der Waals surface area contributed by atoms with Crippen LogP contribution >= 0.6 is 22.6 Å². The van der Waals surface area contributed by atoms with Crippen molar-refractivity contribution in [2.24, 2.45) is 0 Å². The molecule has 0 saturated carbocycles. The third kappa shape index (κ3) is 2.63. The average Bonchev–Trinajstić information content (AvgIpc) is 2.49. The number of hydrogen-bond donors (Lipinski definition) is 0. The van der Waals surface area contributed by atoms with Crippen molar-refractivity contribution in [3.63, 3.8) is 0 Å². The molecule has 0 N–H and O–H groups in total. The van der Waals surface area contributed by atoms with Crippen molar-refractivity contribution in [1.29, 1.82) is 0 Å². The van der Waals surface area contributed by atoms with Crippen LogP contribution in [0, 0.1) is 3.70 Å². The van der Waals surface area contributed by atoms with Crippen LogP contribution in [0.3, 0.4) is 0 Å². The number of aromatic nitrogens is 3. The minimum atomic E-state index is 0.988. The lowest BCUT2D eigenvalue weighted by molar-refractivity contribution is 1.26. The second-order valence-electron chi connectivity index (χ2n) is 4.03. The molecule has 0 saturated heterocycles. The Morgan fingerprint density at radius 1 is 0.737 bits per heavy atom. The van der Waals surface area contributed by atoms with E-state index in [4.69, 9.17) is 0 Å². The molecule has 0 aliphatic rings. The molecule has 0 aliphatic heterocycles. The summed E-state index contributed by atoms with van der Waals surface area (Å²) in [6.07, 6.45) is 9.07. The van der Waals surface area contributed by atoms with Crippen molar-refractivity contribution in [3.05, 3.63) is 65.0 Å². The number of pyridine rings is 3. The Hall–Kier alpha value is -1.82. The van der Waals surface area contributed by atoms with Crippen molar-refractivity contribution in [2.45, 2.75) is 0 Å². The van der Waals surface area contributed by atoms with Crippen molar-refractivity contribution < 1.29 is 0 Å². The largest absolute Gasteiger partial charge is 0.265 e. The molecule has 0 spiro atoms. The van der Waals surface area contributed by atoms with Crippen LogP contribution in [0.25, 0.3) is 22.3 Å². The maximum atomic E-state index is 4.48. The molecule has 3 heterocycles. The fraction of sp³-hybridized carbons (Fsp3) is 0. The summed E-state index contributed by atoms with van der Waals surface area (Å²) in [5.41, 5.74) is 4.46. The van der Waals surface area contributed by atoms with Gasteiger partial charge in [-0.25, -0.2) is 4.98 Å². The Morgan fingerprint density at radius 3 is 1.95 bits per heavy atom. The number of rotatable bonds is 2. The molecule has 3 nitrogen and oxygen atoms in total. The predicted molar refractivity (Wildman–Crippen MR) is 83.4 cm³/mol. The molecule has 0 fully saturated rings. The van der Waals surface area contributed by atoms with E-state index in [1.165, 1.54) is 0 Å². The molecule has 0 amide bonds.